The van der Waals surface area contributed by atoms with E-state index in [9.17, 15) is 23.5 Å². The van der Waals surface area contributed by atoms with Crippen molar-refractivity contribution in [2.45, 2.75) is 45.3 Å². The third kappa shape index (κ3) is 4.46. The molecule has 0 saturated carbocycles. The van der Waals surface area contributed by atoms with Crippen LogP contribution in [0.25, 0.3) is 22.0 Å². The number of ether oxygens (including phenoxy) is 2. The van der Waals surface area contributed by atoms with Crippen LogP contribution >= 0.6 is 0 Å². The van der Waals surface area contributed by atoms with Gasteiger partial charge in [0.1, 0.15) is 11.4 Å². The summed E-state index contributed by atoms with van der Waals surface area (Å²) in [7, 11) is 0. The summed E-state index contributed by atoms with van der Waals surface area (Å²) in [6.45, 7) is 6.35. The standard InChI is InChI=1S/C22H23F2NO6/c1-5-29-19(27)22(23,24)18(26)17-10-13(12-30-17)15-11-25(20(28)31-21(2,3)4)16-9-7-6-8-14(15)16/h6-12,18,26H,5H2,1-4H3. The SMILES string of the molecule is CCOC(=O)C(F)(F)C(O)c1cc(-c2cn(C(=O)OC(C)(C)C)c3ccccc23)co1. The molecule has 0 fully saturated rings. The average molecular weight is 435 g/mol. The van der Waals surface area contributed by atoms with E-state index in [-0.39, 0.29) is 6.61 Å². The Morgan fingerprint density at radius 3 is 2.55 bits per heavy atom. The van der Waals surface area contributed by atoms with Crippen molar-refractivity contribution in [3.63, 3.8) is 0 Å². The zero-order valence-electron chi connectivity index (χ0n) is 17.5. The molecule has 31 heavy (non-hydrogen) atoms. The molecule has 2 heterocycles. The minimum Gasteiger partial charge on any atom is -0.466 e. The van der Waals surface area contributed by atoms with Crippen LogP contribution in [0.4, 0.5) is 13.6 Å². The number of nitrogens with zero attached hydrogens (tertiary/aromatic N) is 1. The van der Waals surface area contributed by atoms with E-state index in [0.717, 1.165) is 0 Å². The number of benzene rings is 1. The van der Waals surface area contributed by atoms with Crippen molar-refractivity contribution in [2.75, 3.05) is 6.61 Å². The molecule has 0 bridgehead atoms. The van der Waals surface area contributed by atoms with Crippen LogP contribution in [0.1, 0.15) is 39.6 Å². The fourth-order valence-corrected chi connectivity index (χ4v) is 3.03. The fourth-order valence-electron chi connectivity index (χ4n) is 3.03. The van der Waals surface area contributed by atoms with Gasteiger partial charge in [-0.05, 0) is 39.8 Å². The molecule has 2 aromatic heterocycles. The molecule has 0 aliphatic heterocycles. The molecule has 166 valence electrons. The molecular weight excluding hydrogens is 412 g/mol. The van der Waals surface area contributed by atoms with Crippen LogP contribution in [0, 0.1) is 0 Å². The number of rotatable bonds is 5. The highest BCUT2D eigenvalue weighted by molar-refractivity contribution is 6.00. The lowest BCUT2D eigenvalue weighted by molar-refractivity contribution is -0.190. The Kier molecular flexibility index (Phi) is 5.91. The van der Waals surface area contributed by atoms with E-state index in [1.165, 1.54) is 30.0 Å². The average Bonchev–Trinajstić information content (AvgIpc) is 3.31. The highest BCUT2D eigenvalue weighted by atomic mass is 19.3. The van der Waals surface area contributed by atoms with Gasteiger partial charge >= 0.3 is 18.0 Å². The van der Waals surface area contributed by atoms with Gasteiger partial charge in [0.05, 0.1) is 18.4 Å². The van der Waals surface area contributed by atoms with Gasteiger partial charge in [0.15, 0.2) is 6.10 Å². The number of halogens is 2. The first-order chi connectivity index (χ1) is 14.5. The zero-order valence-corrected chi connectivity index (χ0v) is 17.5. The second-order valence-electron chi connectivity index (χ2n) is 7.89. The maximum atomic E-state index is 14.2. The molecule has 1 atom stereocenters. The molecule has 3 rings (SSSR count). The maximum Gasteiger partial charge on any atom is 0.419 e. The Morgan fingerprint density at radius 2 is 1.90 bits per heavy atom. The van der Waals surface area contributed by atoms with Gasteiger partial charge in [0, 0.05) is 22.7 Å². The quantitative estimate of drug-likeness (QED) is 0.573. The second kappa shape index (κ2) is 8.14. The smallest absolute Gasteiger partial charge is 0.419 e. The first kappa shape index (κ1) is 22.5. The number of alkyl halides is 2. The predicted octanol–water partition coefficient (Wildman–Crippen LogP) is 4.92. The molecule has 0 aliphatic carbocycles. The molecule has 1 N–H and O–H groups in total. The van der Waals surface area contributed by atoms with Crippen molar-refractivity contribution in [3.05, 3.63) is 48.6 Å². The summed E-state index contributed by atoms with van der Waals surface area (Å²) in [6, 6.07) is 8.17. The van der Waals surface area contributed by atoms with Gasteiger partial charge in [-0.15, -0.1) is 0 Å². The van der Waals surface area contributed by atoms with Crippen molar-refractivity contribution in [3.8, 4) is 11.1 Å². The van der Waals surface area contributed by atoms with Gasteiger partial charge in [-0.3, -0.25) is 4.57 Å². The number of hydrogen-bond acceptors (Lipinski definition) is 6. The number of carbonyl (C=O) groups is 2. The van der Waals surface area contributed by atoms with Crippen molar-refractivity contribution >= 4 is 23.0 Å². The largest absolute Gasteiger partial charge is 0.466 e. The Labute approximate surface area is 177 Å². The minimum atomic E-state index is -4.18. The molecule has 0 radical (unpaired) electrons. The van der Waals surface area contributed by atoms with Gasteiger partial charge in [0.25, 0.3) is 0 Å². The Morgan fingerprint density at radius 1 is 1.23 bits per heavy atom. The van der Waals surface area contributed by atoms with E-state index in [1.807, 2.05) is 0 Å². The van der Waals surface area contributed by atoms with E-state index in [2.05, 4.69) is 4.74 Å². The molecule has 0 amide bonds. The Bertz CT molecular complexity index is 1110. The van der Waals surface area contributed by atoms with Crippen LogP contribution in [0.3, 0.4) is 0 Å². The lowest BCUT2D eigenvalue weighted by atomic mass is 10.1. The lowest BCUT2D eigenvalue weighted by Gasteiger charge is -2.19. The molecular formula is C22H23F2NO6. The number of aliphatic hydroxyl groups is 1. The number of furan rings is 1. The number of aromatic nitrogens is 1. The topological polar surface area (TPSA) is 90.9 Å². The maximum absolute atomic E-state index is 14.2. The number of fused-ring (bicyclic) bond motifs is 1. The molecule has 3 aromatic rings. The second-order valence-corrected chi connectivity index (χ2v) is 7.89. The summed E-state index contributed by atoms with van der Waals surface area (Å²) >= 11 is 0. The van der Waals surface area contributed by atoms with Crippen molar-refractivity contribution in [1.29, 1.82) is 0 Å². The van der Waals surface area contributed by atoms with E-state index < -0.39 is 35.5 Å². The monoisotopic (exact) mass is 435 g/mol. The summed E-state index contributed by atoms with van der Waals surface area (Å²) in [5.41, 5.74) is 0.677. The molecule has 1 unspecified atom stereocenters. The first-order valence-electron chi connectivity index (χ1n) is 9.61. The van der Waals surface area contributed by atoms with Crippen LogP contribution < -0.4 is 0 Å². The van der Waals surface area contributed by atoms with Crippen molar-refractivity contribution < 1.29 is 37.4 Å². The normalized spacial score (nSPS) is 13.3. The van der Waals surface area contributed by atoms with Crippen LogP contribution in [0.2, 0.25) is 0 Å². The number of para-hydroxylation sites is 1. The van der Waals surface area contributed by atoms with Gasteiger partial charge in [-0.1, -0.05) is 18.2 Å². The lowest BCUT2D eigenvalue weighted by Crippen LogP contribution is -2.37. The van der Waals surface area contributed by atoms with Gasteiger partial charge < -0.3 is 19.0 Å². The summed E-state index contributed by atoms with van der Waals surface area (Å²) in [6.07, 6.45) is -0.461. The molecule has 0 saturated heterocycles. The Hall–Kier alpha value is -3.20. The van der Waals surface area contributed by atoms with Crippen LogP contribution in [0.15, 0.2) is 47.2 Å². The van der Waals surface area contributed by atoms with Crippen LogP contribution in [-0.2, 0) is 14.3 Å². The number of hydrogen-bond donors (Lipinski definition) is 1. The molecule has 0 aliphatic rings. The predicted molar refractivity (Wildman–Crippen MR) is 108 cm³/mol. The van der Waals surface area contributed by atoms with E-state index in [4.69, 9.17) is 9.15 Å². The highest BCUT2D eigenvalue weighted by Gasteiger charge is 2.50. The summed E-state index contributed by atoms with van der Waals surface area (Å²) in [5.74, 6) is -6.54. The molecule has 1 aromatic carbocycles. The van der Waals surface area contributed by atoms with E-state index in [0.29, 0.717) is 22.0 Å². The van der Waals surface area contributed by atoms with Crippen molar-refractivity contribution in [1.82, 2.24) is 4.57 Å². The number of aliphatic hydroxyl groups excluding tert-OH is 1. The third-order valence-electron chi connectivity index (χ3n) is 4.39. The summed E-state index contributed by atoms with van der Waals surface area (Å²) in [5, 5.41) is 10.7. The van der Waals surface area contributed by atoms with Crippen LogP contribution in [0.5, 0.6) is 0 Å². The first-order valence-corrected chi connectivity index (χ1v) is 9.61. The molecule has 7 nitrogen and oxygen atoms in total. The summed E-state index contributed by atoms with van der Waals surface area (Å²) < 4.78 is 44.5. The van der Waals surface area contributed by atoms with Gasteiger partial charge in [0.2, 0.25) is 0 Å². The fraction of sp³-hybridized carbons (Fsp3) is 0.364. The molecule has 0 spiro atoms. The summed E-state index contributed by atoms with van der Waals surface area (Å²) in [4.78, 5) is 24.1. The third-order valence-corrected chi connectivity index (χ3v) is 4.39. The number of esters is 1. The van der Waals surface area contributed by atoms with E-state index >= 15 is 0 Å². The molecule has 9 heteroatoms. The highest BCUT2D eigenvalue weighted by Crippen LogP contribution is 2.37. The van der Waals surface area contributed by atoms with Gasteiger partial charge in [-0.25, -0.2) is 9.59 Å². The minimum absolute atomic E-state index is 0.255. The van der Waals surface area contributed by atoms with Crippen molar-refractivity contribution in [2.24, 2.45) is 0 Å². The van der Waals surface area contributed by atoms with E-state index in [1.54, 1.807) is 45.0 Å². The number of carbonyl (C=O) groups excluding carboxylic acids is 2. The van der Waals surface area contributed by atoms with Gasteiger partial charge in [-0.2, -0.15) is 8.78 Å². The van der Waals surface area contributed by atoms with Crippen LogP contribution in [-0.4, -0.2) is 39.9 Å². The zero-order chi connectivity index (χ0) is 23.0. The Balaban J connectivity index is 2.00.